The van der Waals surface area contributed by atoms with Gasteiger partial charge in [-0.1, -0.05) is 54.5 Å². The van der Waals surface area contributed by atoms with Crippen LogP contribution in [0.15, 0.2) is 72.8 Å². The highest BCUT2D eigenvalue weighted by Gasteiger charge is 2.31. The van der Waals surface area contributed by atoms with Crippen LogP contribution in [-0.4, -0.2) is 37.0 Å². The van der Waals surface area contributed by atoms with E-state index < -0.39 is 12.2 Å². The van der Waals surface area contributed by atoms with Crippen LogP contribution in [0.1, 0.15) is 33.2 Å². The fraction of sp³-hybridized carbons (Fsp3) is 0.154. The molecule has 5 heteroatoms. The summed E-state index contributed by atoms with van der Waals surface area (Å²) in [5.41, 5.74) is 5.36. The molecular weight excluding hydrogens is 388 g/mol. The summed E-state index contributed by atoms with van der Waals surface area (Å²) < 4.78 is 5.85. The van der Waals surface area contributed by atoms with Gasteiger partial charge in [-0.25, -0.2) is 4.79 Å². The van der Waals surface area contributed by atoms with E-state index in [1.165, 1.54) is 4.90 Å². The maximum atomic E-state index is 12.7. The van der Waals surface area contributed by atoms with E-state index >= 15 is 0 Å². The van der Waals surface area contributed by atoms with Crippen molar-refractivity contribution in [3.05, 3.63) is 95.1 Å². The van der Waals surface area contributed by atoms with Gasteiger partial charge in [-0.2, -0.15) is 0 Å². The molecule has 3 aromatic carbocycles. The number of hydrogen-bond acceptors (Lipinski definition) is 3. The lowest BCUT2D eigenvalue weighted by atomic mass is 10.1. The normalized spacial score (nSPS) is 11.7. The average Bonchev–Trinajstić information content (AvgIpc) is 3.12. The van der Waals surface area contributed by atoms with E-state index in [2.05, 4.69) is 11.2 Å². The summed E-state index contributed by atoms with van der Waals surface area (Å²) in [7, 11) is 1.66. The van der Waals surface area contributed by atoms with Gasteiger partial charge in [-0.05, 0) is 35.4 Å². The first-order valence-electron chi connectivity index (χ1n) is 10.0. The van der Waals surface area contributed by atoms with E-state index in [1.807, 2.05) is 48.5 Å². The molecule has 31 heavy (non-hydrogen) atoms. The summed E-state index contributed by atoms with van der Waals surface area (Å²) in [6, 6.07) is 22.7. The van der Waals surface area contributed by atoms with Gasteiger partial charge in [0, 0.05) is 42.4 Å². The Morgan fingerprint density at radius 3 is 2.13 bits per heavy atom. The number of terminal acetylenes is 1. The van der Waals surface area contributed by atoms with Crippen molar-refractivity contribution in [1.29, 1.82) is 0 Å². The second kappa shape index (κ2) is 8.76. The van der Waals surface area contributed by atoms with Gasteiger partial charge < -0.3 is 15.0 Å². The van der Waals surface area contributed by atoms with E-state index in [0.717, 1.165) is 22.3 Å². The van der Waals surface area contributed by atoms with Crippen molar-refractivity contribution in [3.8, 4) is 23.5 Å². The van der Waals surface area contributed by atoms with Crippen molar-refractivity contribution in [2.24, 2.45) is 0 Å². The van der Waals surface area contributed by atoms with Crippen molar-refractivity contribution in [2.75, 3.05) is 20.1 Å². The Morgan fingerprint density at radius 2 is 1.55 bits per heavy atom. The molecule has 0 aliphatic heterocycles. The molecule has 0 heterocycles. The fourth-order valence-electron chi connectivity index (χ4n) is 3.68. The molecule has 0 unspecified atom stereocenters. The third-order valence-corrected chi connectivity index (χ3v) is 5.35. The number of nitrogens with zero attached hydrogens (tertiary/aromatic N) is 1. The van der Waals surface area contributed by atoms with E-state index in [0.29, 0.717) is 24.2 Å². The fourth-order valence-corrected chi connectivity index (χ4v) is 3.68. The summed E-state index contributed by atoms with van der Waals surface area (Å²) >= 11 is 0. The van der Waals surface area contributed by atoms with E-state index in [1.54, 1.807) is 31.3 Å². The molecule has 0 radical (unpaired) electrons. The molecule has 1 aliphatic carbocycles. The summed E-state index contributed by atoms with van der Waals surface area (Å²) in [5, 5.41) is 2.81. The monoisotopic (exact) mass is 410 g/mol. The highest BCUT2D eigenvalue weighted by Crippen LogP contribution is 2.45. The van der Waals surface area contributed by atoms with Crippen molar-refractivity contribution in [3.63, 3.8) is 0 Å². The van der Waals surface area contributed by atoms with Crippen LogP contribution < -0.4 is 5.32 Å². The smallest absolute Gasteiger partial charge is 0.410 e. The minimum Gasteiger partial charge on any atom is -0.436 e. The number of rotatable bonds is 5. The molecule has 0 atom stereocenters. The number of nitrogens with one attached hydrogen (secondary N) is 1. The summed E-state index contributed by atoms with van der Waals surface area (Å²) in [6.07, 6.45) is 4.45. The molecule has 0 aromatic heterocycles. The summed E-state index contributed by atoms with van der Waals surface area (Å²) in [6.45, 7) is 0.627. The van der Waals surface area contributed by atoms with Gasteiger partial charge >= 0.3 is 6.09 Å². The number of fused-ring (bicyclic) bond motifs is 3. The highest BCUT2D eigenvalue weighted by atomic mass is 16.6. The van der Waals surface area contributed by atoms with Gasteiger partial charge in [0.2, 0.25) is 0 Å². The van der Waals surface area contributed by atoms with E-state index in [9.17, 15) is 9.59 Å². The number of hydrogen-bond donors (Lipinski definition) is 1. The molecule has 1 aliphatic rings. The lowest BCUT2D eigenvalue weighted by Crippen LogP contribution is -2.36. The molecule has 3 aromatic rings. The molecule has 154 valence electrons. The van der Waals surface area contributed by atoms with Gasteiger partial charge in [-0.15, -0.1) is 6.42 Å². The highest BCUT2D eigenvalue weighted by molar-refractivity contribution is 5.94. The van der Waals surface area contributed by atoms with Crippen molar-refractivity contribution < 1.29 is 14.3 Å². The van der Waals surface area contributed by atoms with Crippen LogP contribution in [0.2, 0.25) is 0 Å². The first kappa shape index (κ1) is 20.2. The Morgan fingerprint density at radius 1 is 0.968 bits per heavy atom. The van der Waals surface area contributed by atoms with Crippen LogP contribution in [-0.2, 0) is 4.74 Å². The molecule has 5 nitrogen and oxygen atoms in total. The largest absolute Gasteiger partial charge is 0.436 e. The Labute approximate surface area is 181 Å². The Hall–Kier alpha value is -4.04. The van der Waals surface area contributed by atoms with Crippen molar-refractivity contribution >= 4 is 12.0 Å². The molecule has 0 fully saturated rings. The quantitative estimate of drug-likeness (QED) is 0.640. The van der Waals surface area contributed by atoms with E-state index in [4.69, 9.17) is 11.2 Å². The second-order valence-electron chi connectivity index (χ2n) is 7.34. The molecule has 2 amide bonds. The number of ether oxygens (including phenoxy) is 1. The van der Waals surface area contributed by atoms with Crippen LogP contribution in [0.4, 0.5) is 4.79 Å². The molecule has 0 spiro atoms. The Bertz CT molecular complexity index is 1120. The predicted molar refractivity (Wildman–Crippen MR) is 120 cm³/mol. The zero-order valence-electron chi connectivity index (χ0n) is 17.2. The van der Waals surface area contributed by atoms with E-state index in [-0.39, 0.29) is 5.91 Å². The number of likely N-dealkylation sites (N-methyl/N-ethyl adjacent to an activating group) is 1. The first-order valence-corrected chi connectivity index (χ1v) is 10.0. The van der Waals surface area contributed by atoms with Crippen molar-refractivity contribution in [2.45, 2.75) is 6.10 Å². The standard InChI is InChI=1S/C26H22N2O3/c1-3-18-12-14-19(15-13-18)25(29)27-16-17-28(2)26(30)31-24-22-10-6-4-8-20(22)21-9-5-7-11-23(21)24/h1,4-15,24H,16-17H2,2H3,(H,27,29). The molecule has 1 N–H and O–H groups in total. The Balaban J connectivity index is 1.35. The minimum absolute atomic E-state index is 0.219. The molecular formula is C26H22N2O3. The third-order valence-electron chi connectivity index (χ3n) is 5.35. The van der Waals surface area contributed by atoms with Gasteiger partial charge in [0.15, 0.2) is 6.10 Å². The zero-order chi connectivity index (χ0) is 21.8. The molecule has 4 rings (SSSR count). The van der Waals surface area contributed by atoms with Gasteiger partial charge in [0.05, 0.1) is 0 Å². The van der Waals surface area contributed by atoms with Gasteiger partial charge in [0.1, 0.15) is 0 Å². The maximum Gasteiger partial charge on any atom is 0.410 e. The lowest BCUT2D eigenvalue weighted by Gasteiger charge is -2.21. The Kier molecular flexibility index (Phi) is 5.72. The minimum atomic E-state index is -0.441. The van der Waals surface area contributed by atoms with Gasteiger partial charge in [-0.3, -0.25) is 4.79 Å². The SMILES string of the molecule is C#Cc1ccc(C(=O)NCCN(C)C(=O)OC2c3ccccc3-c3ccccc32)cc1. The number of amides is 2. The van der Waals surface area contributed by atoms with Crippen molar-refractivity contribution in [1.82, 2.24) is 10.2 Å². The summed E-state index contributed by atoms with van der Waals surface area (Å²) in [4.78, 5) is 26.4. The van der Waals surface area contributed by atoms with Crippen LogP contribution >= 0.6 is 0 Å². The summed E-state index contributed by atoms with van der Waals surface area (Å²) in [5.74, 6) is 2.30. The topological polar surface area (TPSA) is 58.6 Å². The maximum absolute atomic E-state index is 12.7. The predicted octanol–water partition coefficient (Wildman–Crippen LogP) is 4.24. The first-order chi connectivity index (χ1) is 15.1. The number of carbonyl (C=O) groups excluding carboxylic acids is 2. The third kappa shape index (κ3) is 4.15. The van der Waals surface area contributed by atoms with Crippen LogP contribution in [0.25, 0.3) is 11.1 Å². The molecule has 0 saturated heterocycles. The van der Waals surface area contributed by atoms with Gasteiger partial charge in [0.25, 0.3) is 5.91 Å². The van der Waals surface area contributed by atoms with Crippen LogP contribution in [0.3, 0.4) is 0 Å². The number of carbonyl (C=O) groups is 2. The molecule has 0 saturated carbocycles. The zero-order valence-corrected chi connectivity index (χ0v) is 17.2. The molecule has 0 bridgehead atoms. The van der Waals surface area contributed by atoms with Crippen LogP contribution in [0.5, 0.6) is 0 Å². The number of benzene rings is 3. The lowest BCUT2D eigenvalue weighted by molar-refractivity contribution is 0.0840. The second-order valence-corrected chi connectivity index (χ2v) is 7.34. The average molecular weight is 410 g/mol. The van der Waals surface area contributed by atoms with Crippen LogP contribution in [0, 0.1) is 12.3 Å².